The minimum Gasteiger partial charge on any atom is -0.507 e. The van der Waals surface area contributed by atoms with E-state index in [9.17, 15) is 20.4 Å². The molecule has 4 aromatic carbocycles. The van der Waals surface area contributed by atoms with Crippen LogP contribution < -0.4 is 0 Å². The third-order valence-electron chi connectivity index (χ3n) is 6.37. The molecule has 0 aliphatic carbocycles. The maximum Gasteiger partial charge on any atom is 0.198 e. The minimum atomic E-state index is 0.0224. The largest absolute Gasteiger partial charge is 0.507 e. The van der Waals surface area contributed by atoms with E-state index in [4.69, 9.17) is 19.9 Å². The van der Waals surface area contributed by atoms with E-state index in [2.05, 4.69) is 0 Å². The number of aromatic hydroxyl groups is 4. The van der Waals surface area contributed by atoms with Gasteiger partial charge in [-0.3, -0.25) is 0 Å². The van der Waals surface area contributed by atoms with Gasteiger partial charge in [0.1, 0.15) is 23.0 Å². The maximum atomic E-state index is 10.6. The quantitative estimate of drug-likeness (QED) is 0.202. The molecule has 0 aliphatic rings. The lowest BCUT2D eigenvalue weighted by Crippen LogP contribution is -2.02. The first-order valence-electron chi connectivity index (χ1n) is 12.4. The lowest BCUT2D eigenvalue weighted by molar-refractivity contribution is 0.476. The van der Waals surface area contributed by atoms with Crippen LogP contribution in [0.2, 0.25) is 0 Å². The van der Waals surface area contributed by atoms with E-state index >= 15 is 0 Å². The molecule has 0 bridgehead atoms. The molecular formula is C32H22N4O4. The molecule has 0 saturated heterocycles. The first kappa shape index (κ1) is 24.6. The van der Waals surface area contributed by atoms with Crippen molar-refractivity contribution in [3.05, 3.63) is 109 Å². The predicted molar refractivity (Wildman–Crippen MR) is 151 cm³/mol. The van der Waals surface area contributed by atoms with Crippen molar-refractivity contribution in [1.82, 2.24) is 19.9 Å². The summed E-state index contributed by atoms with van der Waals surface area (Å²) in [6, 6.07) is 30.4. The lowest BCUT2D eigenvalue weighted by atomic mass is 10.1. The Balaban J connectivity index is 1.64. The Morgan fingerprint density at radius 1 is 0.325 bits per heavy atom. The zero-order valence-electron chi connectivity index (χ0n) is 21.0. The zero-order chi connectivity index (χ0) is 27.6. The maximum absolute atomic E-state index is 10.6. The van der Waals surface area contributed by atoms with Gasteiger partial charge < -0.3 is 20.4 Å². The highest BCUT2D eigenvalue weighted by atomic mass is 16.3. The number of phenols is 4. The van der Waals surface area contributed by atoms with Gasteiger partial charge in [-0.25, -0.2) is 19.9 Å². The molecule has 0 atom stereocenters. The van der Waals surface area contributed by atoms with E-state index in [0.29, 0.717) is 45.0 Å². The zero-order valence-corrected chi connectivity index (χ0v) is 21.0. The number of hydrogen-bond acceptors (Lipinski definition) is 8. The number of hydrogen-bond donors (Lipinski definition) is 4. The number of para-hydroxylation sites is 4. The van der Waals surface area contributed by atoms with Crippen LogP contribution in [0.3, 0.4) is 0 Å². The molecule has 6 aromatic rings. The van der Waals surface area contributed by atoms with Crippen LogP contribution >= 0.6 is 0 Å². The molecule has 0 radical (unpaired) electrons. The van der Waals surface area contributed by atoms with Crippen molar-refractivity contribution in [2.75, 3.05) is 0 Å². The molecule has 0 spiro atoms. The summed E-state index contributed by atoms with van der Waals surface area (Å²) >= 11 is 0. The first-order valence-corrected chi connectivity index (χ1v) is 12.4. The molecule has 0 fully saturated rings. The van der Waals surface area contributed by atoms with Crippen molar-refractivity contribution in [1.29, 1.82) is 0 Å². The average Bonchev–Trinajstić information content (AvgIpc) is 2.98. The van der Waals surface area contributed by atoms with E-state index in [1.807, 2.05) is 0 Å². The Bertz CT molecular complexity index is 1610. The average molecular weight is 527 g/mol. The van der Waals surface area contributed by atoms with Crippen LogP contribution in [-0.4, -0.2) is 40.4 Å². The van der Waals surface area contributed by atoms with Gasteiger partial charge in [0.15, 0.2) is 11.6 Å². The van der Waals surface area contributed by atoms with Crippen molar-refractivity contribution in [3.63, 3.8) is 0 Å². The molecule has 6 rings (SSSR count). The number of benzene rings is 4. The van der Waals surface area contributed by atoms with E-state index in [0.717, 1.165) is 0 Å². The molecule has 2 heterocycles. The summed E-state index contributed by atoms with van der Waals surface area (Å²) in [6.45, 7) is 0. The normalized spacial score (nSPS) is 10.9. The molecule has 4 N–H and O–H groups in total. The fourth-order valence-corrected chi connectivity index (χ4v) is 4.41. The summed E-state index contributed by atoms with van der Waals surface area (Å²) in [5.74, 6) is 0.326. The van der Waals surface area contributed by atoms with Crippen molar-refractivity contribution < 1.29 is 20.4 Å². The highest BCUT2D eigenvalue weighted by Crippen LogP contribution is 2.37. The summed E-state index contributed by atoms with van der Waals surface area (Å²) in [6.07, 6.45) is 0. The molecule has 0 amide bonds. The fraction of sp³-hybridized carbons (Fsp3) is 0. The number of nitrogens with zero attached hydrogens (tertiary/aromatic N) is 4. The second kappa shape index (κ2) is 10.2. The number of phenolic OH excluding ortho intramolecular Hbond substituents is 4. The summed E-state index contributed by atoms with van der Waals surface area (Å²) in [7, 11) is 0. The van der Waals surface area contributed by atoms with Gasteiger partial charge in [0, 0.05) is 22.3 Å². The predicted octanol–water partition coefficient (Wildman–Crippen LogP) is 6.42. The van der Waals surface area contributed by atoms with Gasteiger partial charge in [0.05, 0.1) is 22.8 Å². The van der Waals surface area contributed by atoms with Crippen molar-refractivity contribution >= 4 is 0 Å². The highest BCUT2D eigenvalue weighted by Gasteiger charge is 2.19. The van der Waals surface area contributed by atoms with Gasteiger partial charge in [-0.2, -0.15) is 0 Å². The second-order valence-corrected chi connectivity index (χ2v) is 8.99. The van der Waals surface area contributed by atoms with E-state index in [-0.39, 0.29) is 34.6 Å². The topological polar surface area (TPSA) is 132 Å². The SMILES string of the molecule is Oc1ccccc1-c1cc(-c2ccccc2O)nc(-c2nc(-c3ccccc3O)cc(-c3ccccc3O)n2)n1. The molecule has 194 valence electrons. The van der Waals surface area contributed by atoms with Crippen LogP contribution in [0.15, 0.2) is 109 Å². The Labute approximate surface area is 229 Å². The van der Waals surface area contributed by atoms with Gasteiger partial charge in [-0.1, -0.05) is 48.5 Å². The van der Waals surface area contributed by atoms with Crippen molar-refractivity contribution in [2.45, 2.75) is 0 Å². The molecule has 40 heavy (non-hydrogen) atoms. The molecular weight excluding hydrogens is 504 g/mol. The Kier molecular flexibility index (Phi) is 6.26. The number of aromatic nitrogens is 4. The van der Waals surface area contributed by atoms with Crippen LogP contribution in [0.4, 0.5) is 0 Å². The van der Waals surface area contributed by atoms with E-state index < -0.39 is 0 Å². The van der Waals surface area contributed by atoms with Gasteiger partial charge in [0.25, 0.3) is 0 Å². The first-order chi connectivity index (χ1) is 19.5. The molecule has 8 heteroatoms. The molecule has 0 aliphatic heterocycles. The van der Waals surface area contributed by atoms with Gasteiger partial charge in [-0.05, 0) is 60.7 Å². The Hall–Kier alpha value is -5.76. The van der Waals surface area contributed by atoms with Gasteiger partial charge in [0.2, 0.25) is 0 Å². The highest BCUT2D eigenvalue weighted by molar-refractivity contribution is 5.78. The third-order valence-corrected chi connectivity index (χ3v) is 6.37. The van der Waals surface area contributed by atoms with Crippen LogP contribution in [0.5, 0.6) is 23.0 Å². The summed E-state index contributed by atoms with van der Waals surface area (Å²) in [5.41, 5.74) is 3.40. The fourth-order valence-electron chi connectivity index (χ4n) is 4.41. The van der Waals surface area contributed by atoms with Crippen LogP contribution in [0.1, 0.15) is 0 Å². The standard InChI is InChI=1S/C32H22N4O4/c37-27-13-5-1-9-19(27)23-17-24(20-10-2-6-14-28(20)38)34-31(33-23)32-35-25(21-11-3-7-15-29(21)39)18-26(36-32)22-12-4-8-16-30(22)40/h1-18,37-40H. The Morgan fingerprint density at radius 3 is 0.775 bits per heavy atom. The Morgan fingerprint density at radius 2 is 0.550 bits per heavy atom. The van der Waals surface area contributed by atoms with Gasteiger partial charge >= 0.3 is 0 Å². The molecule has 2 aromatic heterocycles. The second-order valence-electron chi connectivity index (χ2n) is 8.99. The van der Waals surface area contributed by atoms with Crippen molar-refractivity contribution in [3.8, 4) is 79.7 Å². The lowest BCUT2D eigenvalue weighted by Gasteiger charge is -2.13. The third kappa shape index (κ3) is 4.65. The minimum absolute atomic E-state index is 0.0224. The summed E-state index contributed by atoms with van der Waals surface area (Å²) in [5, 5.41) is 42.4. The monoisotopic (exact) mass is 526 g/mol. The molecule has 8 nitrogen and oxygen atoms in total. The molecule has 0 saturated carbocycles. The smallest absolute Gasteiger partial charge is 0.198 e. The van der Waals surface area contributed by atoms with Crippen LogP contribution in [0, 0.1) is 0 Å². The van der Waals surface area contributed by atoms with Gasteiger partial charge in [-0.15, -0.1) is 0 Å². The van der Waals surface area contributed by atoms with E-state index in [1.54, 1.807) is 109 Å². The van der Waals surface area contributed by atoms with Crippen molar-refractivity contribution in [2.24, 2.45) is 0 Å². The number of rotatable bonds is 5. The van der Waals surface area contributed by atoms with Crippen LogP contribution in [-0.2, 0) is 0 Å². The van der Waals surface area contributed by atoms with Crippen LogP contribution in [0.25, 0.3) is 56.7 Å². The summed E-state index contributed by atoms with van der Waals surface area (Å²) in [4.78, 5) is 18.8. The molecule has 0 unspecified atom stereocenters. The summed E-state index contributed by atoms with van der Waals surface area (Å²) < 4.78 is 0. The van der Waals surface area contributed by atoms with E-state index in [1.165, 1.54) is 0 Å².